The lowest BCUT2D eigenvalue weighted by Gasteiger charge is -2.24. The molecule has 0 atom stereocenters. The molecule has 4 heterocycles. The van der Waals surface area contributed by atoms with E-state index in [2.05, 4.69) is 36.1 Å². The molecule has 33 heavy (non-hydrogen) atoms. The topological polar surface area (TPSA) is 96.2 Å². The number of rotatable bonds is 3. The van der Waals surface area contributed by atoms with Gasteiger partial charge in [-0.05, 0) is 70.9 Å². The molecule has 0 bridgehead atoms. The van der Waals surface area contributed by atoms with Gasteiger partial charge < -0.3 is 4.98 Å². The Hall–Kier alpha value is -3.07. The van der Waals surface area contributed by atoms with Crippen LogP contribution in [0.2, 0.25) is 0 Å². The summed E-state index contributed by atoms with van der Waals surface area (Å²) < 4.78 is 2.79. The fourth-order valence-corrected chi connectivity index (χ4v) is 5.16. The number of anilines is 1. The summed E-state index contributed by atoms with van der Waals surface area (Å²) in [7, 11) is 0. The van der Waals surface area contributed by atoms with Crippen molar-refractivity contribution >= 4 is 44.3 Å². The SMILES string of the molecule is C.CCc1cc2c(cc1C(=O)N1CCc3cc(Br)cnc31)[nH]c(=O)c1nnc(C3CCC3)n12. The maximum absolute atomic E-state index is 13.6. The fraction of sp³-hybridized carbons (Fsp3) is 0.375. The molecule has 1 aliphatic carbocycles. The molecule has 0 unspecified atom stereocenters. The summed E-state index contributed by atoms with van der Waals surface area (Å²) >= 11 is 3.45. The van der Waals surface area contributed by atoms with Crippen molar-refractivity contribution in [3.63, 3.8) is 0 Å². The first-order valence-electron chi connectivity index (χ1n) is 11.0. The second-order valence-electron chi connectivity index (χ2n) is 8.52. The molecule has 0 spiro atoms. The Morgan fingerprint density at radius 1 is 1.24 bits per heavy atom. The van der Waals surface area contributed by atoms with E-state index >= 15 is 0 Å². The molecule has 8 nitrogen and oxygen atoms in total. The third-order valence-electron chi connectivity index (χ3n) is 6.70. The Kier molecular flexibility index (Phi) is 5.31. The molecule has 0 radical (unpaired) electrons. The summed E-state index contributed by atoms with van der Waals surface area (Å²) in [5, 5.41) is 8.50. The molecular weight excluding hydrogens is 484 g/mol. The summed E-state index contributed by atoms with van der Waals surface area (Å²) in [6.45, 7) is 2.62. The van der Waals surface area contributed by atoms with Crippen LogP contribution in [0.25, 0.3) is 16.7 Å². The zero-order valence-corrected chi connectivity index (χ0v) is 19.1. The van der Waals surface area contributed by atoms with E-state index in [1.54, 1.807) is 17.2 Å². The zero-order valence-electron chi connectivity index (χ0n) is 17.6. The molecule has 9 heteroatoms. The van der Waals surface area contributed by atoms with Crippen LogP contribution in [0.15, 0.2) is 33.7 Å². The van der Waals surface area contributed by atoms with Crippen molar-refractivity contribution in [2.75, 3.05) is 11.4 Å². The van der Waals surface area contributed by atoms with Crippen molar-refractivity contribution in [1.29, 1.82) is 0 Å². The number of fused-ring (bicyclic) bond motifs is 4. The zero-order chi connectivity index (χ0) is 22.0. The number of H-pyrrole nitrogens is 1. The lowest BCUT2D eigenvalue weighted by molar-refractivity contribution is 0.0988. The molecule has 4 aromatic rings. The van der Waals surface area contributed by atoms with Crippen LogP contribution in [0, 0.1) is 0 Å². The lowest BCUT2D eigenvalue weighted by atomic mass is 9.85. The largest absolute Gasteiger partial charge is 0.317 e. The van der Waals surface area contributed by atoms with Gasteiger partial charge in [-0.1, -0.05) is 20.8 Å². The Labute approximate surface area is 199 Å². The van der Waals surface area contributed by atoms with Crippen molar-refractivity contribution in [2.45, 2.75) is 52.4 Å². The fourth-order valence-electron chi connectivity index (χ4n) is 4.78. The van der Waals surface area contributed by atoms with E-state index in [0.29, 0.717) is 41.4 Å². The number of nitrogens with zero attached hydrogens (tertiary/aromatic N) is 5. The highest BCUT2D eigenvalue weighted by Crippen LogP contribution is 2.36. The number of amides is 1. The molecule has 3 aromatic heterocycles. The van der Waals surface area contributed by atoms with Crippen LogP contribution in [0.1, 0.15) is 66.8 Å². The molecule has 0 saturated heterocycles. The van der Waals surface area contributed by atoms with E-state index in [1.807, 2.05) is 23.5 Å². The Morgan fingerprint density at radius 3 is 2.79 bits per heavy atom. The number of nitrogens with one attached hydrogen (secondary N) is 1. The number of aryl methyl sites for hydroxylation is 1. The minimum atomic E-state index is -0.295. The quantitative estimate of drug-likeness (QED) is 0.442. The second-order valence-corrected chi connectivity index (χ2v) is 9.44. The smallest absolute Gasteiger partial charge is 0.294 e. The average molecular weight is 509 g/mol. The minimum absolute atomic E-state index is 0. The van der Waals surface area contributed by atoms with Crippen LogP contribution in [0.5, 0.6) is 0 Å². The van der Waals surface area contributed by atoms with Gasteiger partial charge in [0.2, 0.25) is 5.65 Å². The van der Waals surface area contributed by atoms with E-state index in [4.69, 9.17) is 0 Å². The first-order valence-corrected chi connectivity index (χ1v) is 11.7. The number of pyridine rings is 1. The van der Waals surface area contributed by atoms with Crippen LogP contribution in [-0.2, 0) is 12.8 Å². The molecule has 1 N–H and O–H groups in total. The Balaban J connectivity index is 0.00000228. The number of carbonyl (C=O) groups is 1. The molecule has 1 aliphatic heterocycles. The molecule has 6 rings (SSSR count). The van der Waals surface area contributed by atoms with Crippen LogP contribution >= 0.6 is 15.9 Å². The summed E-state index contributed by atoms with van der Waals surface area (Å²) in [4.78, 5) is 35.5. The van der Waals surface area contributed by atoms with Gasteiger partial charge in [-0.3, -0.25) is 18.9 Å². The number of benzene rings is 1. The van der Waals surface area contributed by atoms with Crippen LogP contribution < -0.4 is 10.5 Å². The predicted molar refractivity (Wildman–Crippen MR) is 131 cm³/mol. The number of aromatic nitrogens is 5. The lowest BCUT2D eigenvalue weighted by Crippen LogP contribution is -2.30. The van der Waals surface area contributed by atoms with E-state index in [0.717, 1.165) is 46.2 Å². The van der Waals surface area contributed by atoms with Crippen molar-refractivity contribution in [3.05, 3.63) is 61.7 Å². The van der Waals surface area contributed by atoms with E-state index in [9.17, 15) is 9.59 Å². The first-order chi connectivity index (χ1) is 15.5. The summed E-state index contributed by atoms with van der Waals surface area (Å²) in [5.74, 6) is 1.77. The van der Waals surface area contributed by atoms with Crippen molar-refractivity contribution in [3.8, 4) is 0 Å². The molecule has 170 valence electrons. The summed E-state index contributed by atoms with van der Waals surface area (Å²) in [6.07, 6.45) is 6.46. The number of hydrogen-bond donors (Lipinski definition) is 1. The first kappa shape index (κ1) is 21.8. The van der Waals surface area contributed by atoms with E-state index in [-0.39, 0.29) is 18.9 Å². The average Bonchev–Trinajstić information content (AvgIpc) is 3.36. The van der Waals surface area contributed by atoms with Crippen LogP contribution in [0.3, 0.4) is 0 Å². The summed E-state index contributed by atoms with van der Waals surface area (Å²) in [6, 6.07) is 5.82. The van der Waals surface area contributed by atoms with Gasteiger partial charge in [-0.15, -0.1) is 10.2 Å². The van der Waals surface area contributed by atoms with Gasteiger partial charge in [0, 0.05) is 28.7 Å². The van der Waals surface area contributed by atoms with E-state index in [1.165, 1.54) is 6.42 Å². The molecule has 1 aromatic carbocycles. The molecule has 1 fully saturated rings. The van der Waals surface area contributed by atoms with Gasteiger partial charge in [0.25, 0.3) is 11.5 Å². The maximum Gasteiger partial charge on any atom is 0.294 e. The van der Waals surface area contributed by atoms with Gasteiger partial charge in [-0.25, -0.2) is 4.98 Å². The number of aromatic amines is 1. The molecule has 1 amide bonds. The Bertz CT molecular complexity index is 1470. The third kappa shape index (κ3) is 3.28. The highest BCUT2D eigenvalue weighted by Gasteiger charge is 2.30. The molecule has 1 saturated carbocycles. The highest BCUT2D eigenvalue weighted by atomic mass is 79.9. The monoisotopic (exact) mass is 508 g/mol. The Morgan fingerprint density at radius 2 is 2.06 bits per heavy atom. The third-order valence-corrected chi connectivity index (χ3v) is 7.13. The van der Waals surface area contributed by atoms with Gasteiger partial charge in [0.1, 0.15) is 11.6 Å². The number of hydrogen-bond acceptors (Lipinski definition) is 5. The van der Waals surface area contributed by atoms with Gasteiger partial charge in [-0.2, -0.15) is 0 Å². The van der Waals surface area contributed by atoms with E-state index < -0.39 is 0 Å². The van der Waals surface area contributed by atoms with Gasteiger partial charge in [0.05, 0.1) is 11.0 Å². The van der Waals surface area contributed by atoms with Crippen LogP contribution in [-0.4, -0.2) is 37.0 Å². The van der Waals surface area contributed by atoms with Crippen molar-refractivity contribution < 1.29 is 4.79 Å². The van der Waals surface area contributed by atoms with Crippen LogP contribution in [0.4, 0.5) is 5.82 Å². The standard InChI is InChI=1S/C23H21BrN6O2.CH4/c1-2-12-9-18-17(26-22(31)21-28-27-20(30(18)21)13-4-3-5-13)10-16(12)23(32)29-7-6-14-8-15(24)11-25-19(14)29;/h8-11,13H,2-7H2,1H3,(H,26,31);1H4. The van der Waals surface area contributed by atoms with Crippen molar-refractivity contribution in [2.24, 2.45) is 0 Å². The summed E-state index contributed by atoms with van der Waals surface area (Å²) in [5.41, 5.74) is 4.03. The number of halogens is 1. The van der Waals surface area contributed by atoms with Crippen molar-refractivity contribution in [1.82, 2.24) is 24.6 Å². The maximum atomic E-state index is 13.6. The molecule has 2 aliphatic rings. The number of carbonyl (C=O) groups excluding carboxylic acids is 1. The normalized spacial score (nSPS) is 15.5. The van der Waals surface area contributed by atoms with Gasteiger partial charge in [0.15, 0.2) is 0 Å². The van der Waals surface area contributed by atoms with Gasteiger partial charge >= 0.3 is 0 Å². The molecular formula is C24H25BrN6O2. The second kappa shape index (κ2) is 8.06. The highest BCUT2D eigenvalue weighted by molar-refractivity contribution is 9.10. The minimum Gasteiger partial charge on any atom is -0.317 e. The predicted octanol–water partition coefficient (Wildman–Crippen LogP) is 4.40.